The summed E-state index contributed by atoms with van der Waals surface area (Å²) in [5, 5.41) is 20.7. The van der Waals surface area contributed by atoms with Crippen molar-refractivity contribution in [3.8, 4) is 0 Å². The van der Waals surface area contributed by atoms with Crippen LogP contribution in [0.1, 0.15) is 40.0 Å². The molecule has 0 aliphatic carbocycles. The molecular weight excluding hydrogens is 464 g/mol. The van der Waals surface area contributed by atoms with Crippen molar-refractivity contribution in [3.63, 3.8) is 0 Å². The molecule has 2 fully saturated rings. The van der Waals surface area contributed by atoms with Gasteiger partial charge in [-0.15, -0.1) is 0 Å². The van der Waals surface area contributed by atoms with Crippen LogP contribution in [-0.2, 0) is 19.3 Å². The van der Waals surface area contributed by atoms with Crippen molar-refractivity contribution < 1.29 is 28.6 Å². The number of aliphatic hydroxyl groups excluding tert-OH is 1. The molecule has 2 aliphatic heterocycles. The van der Waals surface area contributed by atoms with Crippen molar-refractivity contribution in [2.45, 2.75) is 67.9 Å². The van der Waals surface area contributed by atoms with E-state index in [1.165, 1.54) is 36.2 Å². The Kier molecular flexibility index (Phi) is 7.51. The van der Waals surface area contributed by atoms with Gasteiger partial charge in [0.25, 0.3) is 5.69 Å². The standard InChI is InChI=1S/C22H32N4O7S/c1-22(2,3)33-21(29)25-14-16(27)13-19(25)20(28)24-11-9-18(10-12-24)34(32,23-4)17-7-5-15(6-8-17)26(30)31/h5-8,16,18-19,27H,9-14H2,1-4H3/t16-,19+,34?/m1/s1. The SMILES string of the molecule is CN=S(=O)(c1ccc([N+](=O)[O-])cc1)C1CCN(C(=O)[C@@H]2C[C@@H](O)CN2C(=O)OC(C)(C)C)CC1. The maximum atomic E-state index is 13.7. The van der Waals surface area contributed by atoms with Crippen molar-refractivity contribution in [1.82, 2.24) is 9.80 Å². The fraction of sp³-hybridized carbons (Fsp3) is 0.636. The van der Waals surface area contributed by atoms with Gasteiger partial charge in [-0.25, -0.2) is 13.4 Å². The third-order valence-corrected chi connectivity index (χ3v) is 8.92. The molecule has 1 aromatic rings. The van der Waals surface area contributed by atoms with E-state index in [0.717, 1.165) is 0 Å². The Morgan fingerprint density at radius 1 is 1.21 bits per heavy atom. The van der Waals surface area contributed by atoms with E-state index in [4.69, 9.17) is 4.74 Å². The Labute approximate surface area is 199 Å². The van der Waals surface area contributed by atoms with Gasteiger partial charge >= 0.3 is 6.09 Å². The number of piperidine rings is 1. The van der Waals surface area contributed by atoms with Crippen LogP contribution in [0.25, 0.3) is 0 Å². The molecule has 0 saturated carbocycles. The van der Waals surface area contributed by atoms with E-state index in [1.54, 1.807) is 25.7 Å². The van der Waals surface area contributed by atoms with Crippen molar-refractivity contribution in [2.75, 3.05) is 26.7 Å². The molecule has 1 unspecified atom stereocenters. The van der Waals surface area contributed by atoms with E-state index >= 15 is 0 Å². The first-order chi connectivity index (χ1) is 15.9. The highest BCUT2D eigenvalue weighted by atomic mass is 32.2. The summed E-state index contributed by atoms with van der Waals surface area (Å²) in [5.74, 6) is -0.267. The normalized spacial score (nSPS) is 23.3. The number of carbonyl (C=O) groups excluding carboxylic acids is 2. The minimum atomic E-state index is -2.83. The predicted molar refractivity (Wildman–Crippen MR) is 125 cm³/mol. The molecular formula is C22H32N4O7S. The Bertz CT molecular complexity index is 1050. The zero-order valence-electron chi connectivity index (χ0n) is 19.9. The summed E-state index contributed by atoms with van der Waals surface area (Å²) < 4.78 is 23.3. The minimum Gasteiger partial charge on any atom is -0.444 e. The highest BCUT2D eigenvalue weighted by Gasteiger charge is 2.43. The molecule has 2 saturated heterocycles. The first-order valence-corrected chi connectivity index (χ1v) is 12.8. The van der Waals surface area contributed by atoms with Gasteiger partial charge in [0.1, 0.15) is 11.6 Å². The smallest absolute Gasteiger partial charge is 0.411 e. The summed E-state index contributed by atoms with van der Waals surface area (Å²) in [4.78, 5) is 39.6. The van der Waals surface area contributed by atoms with E-state index in [-0.39, 0.29) is 29.8 Å². The molecule has 1 N–H and O–H groups in total. The minimum absolute atomic E-state index is 0.0322. The van der Waals surface area contributed by atoms with Gasteiger partial charge in [0, 0.05) is 43.6 Å². The number of aliphatic hydroxyl groups is 1. The Morgan fingerprint density at radius 2 is 1.79 bits per heavy atom. The number of nitrogens with zero attached hydrogens (tertiary/aromatic N) is 4. The maximum Gasteiger partial charge on any atom is 0.411 e. The molecule has 188 valence electrons. The van der Waals surface area contributed by atoms with E-state index in [0.29, 0.717) is 30.8 Å². The lowest BCUT2D eigenvalue weighted by molar-refractivity contribution is -0.384. The summed E-state index contributed by atoms with van der Waals surface area (Å²) in [5.41, 5.74) is -0.812. The molecule has 11 nitrogen and oxygen atoms in total. The van der Waals surface area contributed by atoms with E-state index in [2.05, 4.69) is 4.36 Å². The van der Waals surface area contributed by atoms with Crippen LogP contribution in [0.3, 0.4) is 0 Å². The van der Waals surface area contributed by atoms with E-state index in [9.17, 15) is 29.0 Å². The number of amides is 2. The van der Waals surface area contributed by atoms with Crippen LogP contribution < -0.4 is 0 Å². The number of likely N-dealkylation sites (tertiary alicyclic amines) is 2. The highest BCUT2D eigenvalue weighted by molar-refractivity contribution is 7.94. The second kappa shape index (κ2) is 9.87. The number of hydrogen-bond donors (Lipinski definition) is 1. The molecule has 3 atom stereocenters. The van der Waals surface area contributed by atoms with Crippen LogP contribution in [0.4, 0.5) is 10.5 Å². The number of carbonyl (C=O) groups is 2. The average molecular weight is 497 g/mol. The topological polar surface area (TPSA) is 143 Å². The van der Waals surface area contributed by atoms with Gasteiger partial charge < -0.3 is 14.7 Å². The molecule has 2 amide bonds. The van der Waals surface area contributed by atoms with Crippen molar-refractivity contribution in [2.24, 2.45) is 4.36 Å². The number of hydrogen-bond acceptors (Lipinski definition) is 8. The molecule has 0 bridgehead atoms. The number of benzene rings is 1. The molecule has 3 rings (SSSR count). The molecule has 12 heteroatoms. The van der Waals surface area contributed by atoms with Gasteiger partial charge in [-0.1, -0.05) is 0 Å². The lowest BCUT2D eigenvalue weighted by atomic mass is 10.1. The van der Waals surface area contributed by atoms with Gasteiger partial charge in [0.15, 0.2) is 0 Å². The summed E-state index contributed by atoms with van der Waals surface area (Å²) in [6.07, 6.45) is -0.440. The summed E-state index contributed by atoms with van der Waals surface area (Å²) in [6.45, 7) is 5.90. The Hall–Kier alpha value is -2.73. The average Bonchev–Trinajstić information content (AvgIpc) is 3.19. The zero-order chi connectivity index (χ0) is 25.3. The molecule has 34 heavy (non-hydrogen) atoms. The van der Waals surface area contributed by atoms with Crippen molar-refractivity contribution in [1.29, 1.82) is 0 Å². The maximum absolute atomic E-state index is 13.7. The van der Waals surface area contributed by atoms with Gasteiger partial charge in [-0.05, 0) is 45.7 Å². The number of nitro benzene ring substituents is 1. The summed E-state index contributed by atoms with van der Waals surface area (Å²) in [7, 11) is -1.36. The van der Waals surface area contributed by atoms with Gasteiger partial charge in [0.05, 0.1) is 32.6 Å². The largest absolute Gasteiger partial charge is 0.444 e. The molecule has 0 radical (unpaired) electrons. The predicted octanol–water partition coefficient (Wildman–Crippen LogP) is 2.41. The fourth-order valence-electron chi connectivity index (χ4n) is 4.39. The quantitative estimate of drug-likeness (QED) is 0.498. The van der Waals surface area contributed by atoms with Crippen LogP contribution >= 0.6 is 0 Å². The Balaban J connectivity index is 1.69. The second-order valence-electron chi connectivity index (χ2n) is 9.56. The van der Waals surface area contributed by atoms with E-state index < -0.39 is 38.5 Å². The summed E-state index contributed by atoms with van der Waals surface area (Å²) >= 11 is 0. The lowest BCUT2D eigenvalue weighted by Gasteiger charge is -2.36. The molecule has 1 aromatic carbocycles. The van der Waals surface area contributed by atoms with Crippen LogP contribution in [0.2, 0.25) is 0 Å². The molecule has 2 heterocycles. The van der Waals surface area contributed by atoms with Crippen LogP contribution in [0.15, 0.2) is 33.5 Å². The van der Waals surface area contributed by atoms with Gasteiger partial charge in [-0.2, -0.15) is 0 Å². The number of β-amino-alcohol motifs (C(OH)–C–C–N with tert-alkyl or cyclic N) is 1. The molecule has 2 aliphatic rings. The van der Waals surface area contributed by atoms with Crippen LogP contribution in [-0.4, -0.2) is 85.7 Å². The monoisotopic (exact) mass is 496 g/mol. The number of nitro groups is 1. The number of non-ortho nitro benzene ring substituents is 1. The third-order valence-electron chi connectivity index (χ3n) is 6.05. The van der Waals surface area contributed by atoms with Crippen LogP contribution in [0, 0.1) is 10.1 Å². The molecule has 0 spiro atoms. The lowest BCUT2D eigenvalue weighted by Crippen LogP contribution is -2.51. The van der Waals surface area contributed by atoms with Gasteiger partial charge in [-0.3, -0.25) is 19.8 Å². The van der Waals surface area contributed by atoms with Gasteiger partial charge in [0.2, 0.25) is 5.91 Å². The Morgan fingerprint density at radius 3 is 2.29 bits per heavy atom. The number of rotatable bonds is 4. The third kappa shape index (κ3) is 5.49. The second-order valence-corrected chi connectivity index (χ2v) is 12.2. The van der Waals surface area contributed by atoms with Crippen LogP contribution in [0.5, 0.6) is 0 Å². The van der Waals surface area contributed by atoms with Crippen molar-refractivity contribution in [3.05, 3.63) is 34.4 Å². The van der Waals surface area contributed by atoms with Crippen molar-refractivity contribution >= 4 is 27.4 Å². The first-order valence-electron chi connectivity index (χ1n) is 11.2. The fourth-order valence-corrected chi connectivity index (χ4v) is 6.66. The molecule has 0 aromatic heterocycles. The number of ether oxygens (including phenoxy) is 1. The zero-order valence-corrected chi connectivity index (χ0v) is 20.7. The first kappa shape index (κ1) is 25.9. The van der Waals surface area contributed by atoms with E-state index in [1.807, 2.05) is 0 Å². The summed E-state index contributed by atoms with van der Waals surface area (Å²) in [6, 6.07) is 4.77. The highest BCUT2D eigenvalue weighted by Crippen LogP contribution is 2.30.